The van der Waals surface area contributed by atoms with Crippen molar-refractivity contribution in [3.63, 3.8) is 0 Å². The average molecular weight is 283 g/mol. The van der Waals surface area contributed by atoms with E-state index in [9.17, 15) is 19.7 Å². The van der Waals surface area contributed by atoms with E-state index in [0.717, 1.165) is 12.3 Å². The second-order valence-corrected chi connectivity index (χ2v) is 5.30. The highest BCUT2D eigenvalue weighted by Crippen LogP contribution is 2.20. The Bertz CT molecular complexity index is 529. The van der Waals surface area contributed by atoms with Crippen molar-refractivity contribution in [1.82, 2.24) is 9.88 Å². The molecule has 1 aromatic rings. The van der Waals surface area contributed by atoms with Gasteiger partial charge >= 0.3 is 5.97 Å². The summed E-state index contributed by atoms with van der Waals surface area (Å²) in [6, 6.07) is 1.14. The minimum absolute atomic E-state index is 0.0322. The first kappa shape index (κ1) is 15.7. The van der Waals surface area contributed by atoms with Gasteiger partial charge in [0.15, 0.2) is 0 Å². The number of carboxylic acid groups (broad SMARTS) is 1. The molecule has 1 heterocycles. The number of rotatable bonds is 5. The zero-order chi connectivity index (χ0) is 15.5. The van der Waals surface area contributed by atoms with E-state index < -0.39 is 22.3 Å². The van der Waals surface area contributed by atoms with Crippen LogP contribution in [0.3, 0.4) is 0 Å². The number of H-pyrrole nitrogens is 1. The molecule has 0 aliphatic rings. The van der Waals surface area contributed by atoms with E-state index in [4.69, 9.17) is 5.11 Å². The molecule has 0 aromatic carbocycles. The summed E-state index contributed by atoms with van der Waals surface area (Å²) in [5.74, 6) is -1.48. The molecule has 0 unspecified atom stereocenters. The van der Waals surface area contributed by atoms with Crippen molar-refractivity contribution in [3.8, 4) is 0 Å². The molecule has 0 fully saturated rings. The summed E-state index contributed by atoms with van der Waals surface area (Å²) in [4.78, 5) is 36.9. The van der Waals surface area contributed by atoms with Gasteiger partial charge in [0.25, 0.3) is 11.6 Å². The van der Waals surface area contributed by atoms with Crippen LogP contribution in [0.15, 0.2) is 12.3 Å². The zero-order valence-corrected chi connectivity index (χ0v) is 11.5. The quantitative estimate of drug-likeness (QED) is 0.629. The van der Waals surface area contributed by atoms with E-state index in [1.807, 2.05) is 0 Å². The van der Waals surface area contributed by atoms with Gasteiger partial charge in [-0.25, -0.2) is 0 Å². The van der Waals surface area contributed by atoms with Crippen molar-refractivity contribution in [2.45, 2.75) is 32.7 Å². The lowest BCUT2D eigenvalue weighted by molar-refractivity contribution is -0.384. The summed E-state index contributed by atoms with van der Waals surface area (Å²) in [6.45, 7) is 5.34. The smallest absolute Gasteiger partial charge is 0.305 e. The Balaban J connectivity index is 2.97. The molecule has 0 saturated carbocycles. The Labute approximate surface area is 115 Å². The standard InChI is InChI=1S/C12H17N3O5/c1-12(2,3)14(5-4-10(16)17)11(18)9-6-8(7-13-9)15(19)20/h6-7,13H,4-5H2,1-3H3,(H,16,17). The number of nitrogens with one attached hydrogen (secondary N) is 1. The van der Waals surface area contributed by atoms with Gasteiger partial charge in [-0.3, -0.25) is 19.7 Å². The molecule has 0 aliphatic carbocycles. The van der Waals surface area contributed by atoms with Crippen LogP contribution in [0.25, 0.3) is 0 Å². The largest absolute Gasteiger partial charge is 0.481 e. The van der Waals surface area contributed by atoms with Crippen LogP contribution in [0.5, 0.6) is 0 Å². The lowest BCUT2D eigenvalue weighted by Crippen LogP contribution is -2.46. The predicted molar refractivity (Wildman–Crippen MR) is 70.5 cm³/mol. The van der Waals surface area contributed by atoms with Gasteiger partial charge in [0, 0.05) is 18.2 Å². The van der Waals surface area contributed by atoms with Crippen LogP contribution < -0.4 is 0 Å². The molecule has 0 radical (unpaired) electrons. The topological polar surface area (TPSA) is 117 Å². The van der Waals surface area contributed by atoms with Crippen molar-refractivity contribution < 1.29 is 19.6 Å². The van der Waals surface area contributed by atoms with Crippen LogP contribution in [0.4, 0.5) is 5.69 Å². The molecule has 0 saturated heterocycles. The third-order valence-corrected chi connectivity index (χ3v) is 2.71. The maximum Gasteiger partial charge on any atom is 0.305 e. The zero-order valence-electron chi connectivity index (χ0n) is 11.5. The number of carboxylic acids is 1. The van der Waals surface area contributed by atoms with E-state index >= 15 is 0 Å². The van der Waals surface area contributed by atoms with E-state index in [0.29, 0.717) is 0 Å². The summed E-state index contributed by atoms with van der Waals surface area (Å²) >= 11 is 0. The van der Waals surface area contributed by atoms with Crippen molar-refractivity contribution >= 4 is 17.6 Å². The fraction of sp³-hybridized carbons (Fsp3) is 0.500. The Morgan fingerprint density at radius 3 is 2.45 bits per heavy atom. The van der Waals surface area contributed by atoms with Gasteiger partial charge in [0.1, 0.15) is 5.69 Å². The highest BCUT2D eigenvalue weighted by molar-refractivity contribution is 5.93. The minimum Gasteiger partial charge on any atom is -0.481 e. The van der Waals surface area contributed by atoms with Gasteiger partial charge in [-0.15, -0.1) is 0 Å². The van der Waals surface area contributed by atoms with Gasteiger partial charge in [-0.1, -0.05) is 0 Å². The second-order valence-electron chi connectivity index (χ2n) is 5.30. The van der Waals surface area contributed by atoms with Crippen molar-refractivity contribution in [2.24, 2.45) is 0 Å². The monoisotopic (exact) mass is 283 g/mol. The average Bonchev–Trinajstić information content (AvgIpc) is 2.75. The summed E-state index contributed by atoms with van der Waals surface area (Å²) in [7, 11) is 0. The Kier molecular flexibility index (Phi) is 4.49. The van der Waals surface area contributed by atoms with Gasteiger partial charge < -0.3 is 15.0 Å². The van der Waals surface area contributed by atoms with Gasteiger partial charge in [-0.05, 0) is 20.8 Å². The predicted octanol–water partition coefficient (Wildman–Crippen LogP) is 1.64. The van der Waals surface area contributed by atoms with Crippen LogP contribution in [-0.2, 0) is 4.79 Å². The van der Waals surface area contributed by atoms with Crippen molar-refractivity contribution in [3.05, 3.63) is 28.1 Å². The second kappa shape index (κ2) is 5.72. The third kappa shape index (κ3) is 3.81. The third-order valence-electron chi connectivity index (χ3n) is 2.71. The SMILES string of the molecule is CC(C)(C)N(CCC(=O)O)C(=O)c1cc([N+](=O)[O-])c[nH]1. The number of aromatic amines is 1. The highest BCUT2D eigenvalue weighted by atomic mass is 16.6. The number of nitrogens with zero attached hydrogens (tertiary/aromatic N) is 2. The van der Waals surface area contributed by atoms with Crippen LogP contribution in [0, 0.1) is 10.1 Å². The molecule has 1 rings (SSSR count). The highest BCUT2D eigenvalue weighted by Gasteiger charge is 2.29. The summed E-state index contributed by atoms with van der Waals surface area (Å²) in [5.41, 5.74) is -0.732. The van der Waals surface area contributed by atoms with Gasteiger partial charge in [0.2, 0.25) is 0 Å². The molecule has 8 nitrogen and oxygen atoms in total. The van der Waals surface area contributed by atoms with Crippen LogP contribution in [0.2, 0.25) is 0 Å². The fourth-order valence-corrected chi connectivity index (χ4v) is 1.71. The Morgan fingerprint density at radius 1 is 1.45 bits per heavy atom. The lowest BCUT2D eigenvalue weighted by Gasteiger charge is -2.35. The number of aliphatic carboxylic acids is 1. The normalized spacial score (nSPS) is 11.2. The molecule has 1 amide bonds. The van der Waals surface area contributed by atoms with Crippen LogP contribution in [0.1, 0.15) is 37.7 Å². The number of carbonyl (C=O) groups excluding carboxylic acids is 1. The molecule has 0 aliphatic heterocycles. The molecule has 2 N–H and O–H groups in total. The summed E-state index contributed by atoms with van der Waals surface area (Å²) in [6.07, 6.45) is 0.942. The fourth-order valence-electron chi connectivity index (χ4n) is 1.71. The van der Waals surface area contributed by atoms with Crippen molar-refractivity contribution in [1.29, 1.82) is 0 Å². The van der Waals surface area contributed by atoms with Crippen molar-refractivity contribution in [2.75, 3.05) is 6.54 Å². The van der Waals surface area contributed by atoms with E-state index in [1.165, 1.54) is 4.90 Å². The van der Waals surface area contributed by atoms with E-state index in [-0.39, 0.29) is 24.3 Å². The molecule has 0 atom stereocenters. The molecular formula is C12H17N3O5. The maximum atomic E-state index is 12.3. The molecule has 0 spiro atoms. The summed E-state index contributed by atoms with van der Waals surface area (Å²) in [5, 5.41) is 19.3. The number of nitro groups is 1. The number of hydrogen-bond acceptors (Lipinski definition) is 4. The number of carbonyl (C=O) groups is 2. The molecule has 8 heteroatoms. The molecule has 110 valence electrons. The number of amides is 1. The molecule has 0 bridgehead atoms. The Morgan fingerprint density at radius 2 is 2.05 bits per heavy atom. The molecule has 20 heavy (non-hydrogen) atoms. The first-order chi connectivity index (χ1) is 9.12. The number of aromatic nitrogens is 1. The lowest BCUT2D eigenvalue weighted by atomic mass is 10.0. The molecular weight excluding hydrogens is 266 g/mol. The van der Waals surface area contributed by atoms with Crippen LogP contribution in [-0.4, -0.2) is 43.9 Å². The minimum atomic E-state index is -1.01. The Hall–Kier alpha value is -2.38. The first-order valence-electron chi connectivity index (χ1n) is 5.99. The van der Waals surface area contributed by atoms with Crippen LogP contribution >= 0.6 is 0 Å². The maximum absolute atomic E-state index is 12.3. The first-order valence-corrected chi connectivity index (χ1v) is 5.99. The number of hydrogen-bond donors (Lipinski definition) is 2. The van der Waals surface area contributed by atoms with Gasteiger partial charge in [0.05, 0.1) is 17.5 Å². The van der Waals surface area contributed by atoms with Gasteiger partial charge in [-0.2, -0.15) is 0 Å². The van der Waals surface area contributed by atoms with E-state index in [1.54, 1.807) is 20.8 Å². The molecule has 1 aromatic heterocycles. The van der Waals surface area contributed by atoms with E-state index in [2.05, 4.69) is 4.98 Å². The summed E-state index contributed by atoms with van der Waals surface area (Å²) < 4.78 is 0.